The zero-order chi connectivity index (χ0) is 14.8. The molecule has 0 N–H and O–H groups in total. The molecule has 0 radical (unpaired) electrons. The topological polar surface area (TPSA) is 72.3 Å². The van der Waals surface area contributed by atoms with Crippen molar-refractivity contribution in [3.8, 4) is 29.0 Å². The largest absolute Gasteiger partial charge is 0.347 e. The summed E-state index contributed by atoms with van der Waals surface area (Å²) in [5.74, 6) is 1.42. The van der Waals surface area contributed by atoms with E-state index in [0.717, 1.165) is 17.1 Å². The second-order valence-electron chi connectivity index (χ2n) is 4.65. The molecular weight excluding hydrogens is 264 g/mol. The van der Waals surface area contributed by atoms with Crippen molar-refractivity contribution in [3.63, 3.8) is 0 Å². The van der Waals surface area contributed by atoms with Gasteiger partial charge in [0.25, 0.3) is 0 Å². The first-order chi connectivity index (χ1) is 10.2. The van der Waals surface area contributed by atoms with Crippen molar-refractivity contribution < 1.29 is 0 Å². The van der Waals surface area contributed by atoms with Crippen molar-refractivity contribution in [2.24, 2.45) is 7.05 Å². The highest BCUT2D eigenvalue weighted by molar-refractivity contribution is 5.61. The van der Waals surface area contributed by atoms with Crippen molar-refractivity contribution in [3.05, 3.63) is 42.4 Å². The van der Waals surface area contributed by atoms with Crippen LogP contribution in [0.1, 0.15) is 12.5 Å². The molecule has 0 unspecified atom stereocenters. The maximum Gasteiger partial charge on any atom is 0.181 e. The summed E-state index contributed by atoms with van der Waals surface area (Å²) in [6.45, 7) is 2.73. The van der Waals surface area contributed by atoms with Crippen LogP contribution in [0.4, 0.5) is 0 Å². The highest BCUT2D eigenvalue weighted by Gasteiger charge is 2.15. The Bertz CT molecular complexity index is 807. The lowest BCUT2D eigenvalue weighted by Crippen LogP contribution is -2.02. The summed E-state index contributed by atoms with van der Waals surface area (Å²) < 4.78 is 3.73. The predicted octanol–water partition coefficient (Wildman–Crippen LogP) is 2.24. The number of aromatic nitrogens is 5. The molecular formula is C15H14N6. The molecule has 0 fully saturated rings. The zero-order valence-corrected chi connectivity index (χ0v) is 11.9. The Kier molecular flexibility index (Phi) is 3.24. The van der Waals surface area contributed by atoms with Gasteiger partial charge >= 0.3 is 0 Å². The van der Waals surface area contributed by atoms with Gasteiger partial charge in [-0.25, -0.2) is 9.67 Å². The van der Waals surface area contributed by atoms with Gasteiger partial charge in [0.2, 0.25) is 0 Å². The van der Waals surface area contributed by atoms with Crippen LogP contribution >= 0.6 is 0 Å². The van der Waals surface area contributed by atoms with Crippen LogP contribution in [0.2, 0.25) is 0 Å². The summed E-state index contributed by atoms with van der Waals surface area (Å²) in [6, 6.07) is 7.73. The highest BCUT2D eigenvalue weighted by Crippen LogP contribution is 2.23. The van der Waals surface area contributed by atoms with Gasteiger partial charge in [-0.3, -0.25) is 4.98 Å². The average Bonchev–Trinajstić information content (AvgIpc) is 3.11. The second kappa shape index (κ2) is 5.21. The Balaban J connectivity index is 2.13. The van der Waals surface area contributed by atoms with Crippen LogP contribution in [0.3, 0.4) is 0 Å². The summed E-state index contributed by atoms with van der Waals surface area (Å²) in [4.78, 5) is 8.63. The van der Waals surface area contributed by atoms with E-state index in [-0.39, 0.29) is 0 Å². The van der Waals surface area contributed by atoms with Gasteiger partial charge in [-0.2, -0.15) is 10.4 Å². The Morgan fingerprint density at radius 2 is 2.05 bits per heavy atom. The van der Waals surface area contributed by atoms with E-state index < -0.39 is 0 Å². The lowest BCUT2D eigenvalue weighted by Gasteiger charge is -2.03. The molecule has 3 rings (SSSR count). The van der Waals surface area contributed by atoms with E-state index in [0.29, 0.717) is 17.9 Å². The minimum absolute atomic E-state index is 0.614. The molecule has 0 aliphatic carbocycles. The van der Waals surface area contributed by atoms with Crippen molar-refractivity contribution in [1.82, 2.24) is 24.3 Å². The van der Waals surface area contributed by atoms with Crippen LogP contribution in [0.25, 0.3) is 22.9 Å². The monoisotopic (exact) mass is 278 g/mol. The summed E-state index contributed by atoms with van der Waals surface area (Å²) in [5.41, 5.74) is 2.41. The van der Waals surface area contributed by atoms with Crippen molar-refractivity contribution in [2.45, 2.75) is 13.5 Å². The number of pyridine rings is 1. The average molecular weight is 278 g/mol. The molecule has 0 atom stereocenters. The molecule has 0 aliphatic heterocycles. The smallest absolute Gasteiger partial charge is 0.181 e. The highest BCUT2D eigenvalue weighted by atomic mass is 15.4. The van der Waals surface area contributed by atoms with Gasteiger partial charge < -0.3 is 4.57 Å². The predicted molar refractivity (Wildman–Crippen MR) is 78.0 cm³/mol. The Morgan fingerprint density at radius 3 is 2.67 bits per heavy atom. The van der Waals surface area contributed by atoms with Crippen LogP contribution in [-0.4, -0.2) is 24.3 Å². The van der Waals surface area contributed by atoms with Crippen LogP contribution in [0.15, 0.2) is 36.8 Å². The van der Waals surface area contributed by atoms with Crippen molar-refractivity contribution in [1.29, 1.82) is 5.26 Å². The molecule has 3 heterocycles. The zero-order valence-electron chi connectivity index (χ0n) is 11.9. The normalized spacial score (nSPS) is 10.5. The standard InChI is InChI=1S/C15H14N6/c1-3-21-15(13-8-11(9-16)10-20(13)2)18-14(19-21)12-4-6-17-7-5-12/h4-8,10H,3H2,1-2H3. The van der Waals surface area contributed by atoms with Gasteiger partial charge in [0.1, 0.15) is 6.07 Å². The second-order valence-corrected chi connectivity index (χ2v) is 4.65. The minimum Gasteiger partial charge on any atom is -0.347 e. The third-order valence-corrected chi connectivity index (χ3v) is 3.27. The minimum atomic E-state index is 0.614. The number of aryl methyl sites for hydroxylation is 2. The Hall–Kier alpha value is -2.94. The van der Waals surface area contributed by atoms with Gasteiger partial charge in [0, 0.05) is 37.7 Å². The molecule has 104 valence electrons. The number of nitriles is 1. The van der Waals surface area contributed by atoms with E-state index in [2.05, 4.69) is 21.1 Å². The number of hydrogen-bond donors (Lipinski definition) is 0. The van der Waals surface area contributed by atoms with Gasteiger partial charge in [-0.1, -0.05) is 0 Å². The van der Waals surface area contributed by atoms with Crippen molar-refractivity contribution >= 4 is 0 Å². The fourth-order valence-electron chi connectivity index (χ4n) is 2.22. The first-order valence-corrected chi connectivity index (χ1v) is 6.65. The van der Waals surface area contributed by atoms with Gasteiger partial charge in [-0.15, -0.1) is 0 Å². The lowest BCUT2D eigenvalue weighted by atomic mass is 10.2. The van der Waals surface area contributed by atoms with E-state index in [1.165, 1.54) is 0 Å². The molecule has 0 aliphatic rings. The summed E-state index contributed by atoms with van der Waals surface area (Å²) in [5, 5.41) is 13.6. The quantitative estimate of drug-likeness (QED) is 0.736. The molecule has 6 heteroatoms. The van der Waals surface area contributed by atoms with E-state index in [1.54, 1.807) is 18.6 Å². The van der Waals surface area contributed by atoms with Crippen LogP contribution in [0, 0.1) is 11.3 Å². The molecule has 0 bridgehead atoms. The SMILES string of the molecule is CCn1nc(-c2ccncc2)nc1-c1cc(C#N)cn1C. The van der Waals surface area contributed by atoms with E-state index in [9.17, 15) is 0 Å². The van der Waals surface area contributed by atoms with Gasteiger partial charge in [-0.05, 0) is 25.1 Å². The summed E-state index contributed by atoms with van der Waals surface area (Å²) in [7, 11) is 1.90. The summed E-state index contributed by atoms with van der Waals surface area (Å²) >= 11 is 0. The van der Waals surface area contributed by atoms with E-state index in [1.807, 2.05) is 41.4 Å². The molecule has 21 heavy (non-hydrogen) atoms. The maximum absolute atomic E-state index is 9.02. The molecule has 6 nitrogen and oxygen atoms in total. The first-order valence-electron chi connectivity index (χ1n) is 6.65. The van der Waals surface area contributed by atoms with Crippen LogP contribution in [-0.2, 0) is 13.6 Å². The molecule has 3 aromatic heterocycles. The molecule has 3 aromatic rings. The number of rotatable bonds is 3. The van der Waals surface area contributed by atoms with Crippen molar-refractivity contribution in [2.75, 3.05) is 0 Å². The van der Waals surface area contributed by atoms with E-state index in [4.69, 9.17) is 5.26 Å². The molecule has 0 aromatic carbocycles. The number of nitrogens with zero attached hydrogens (tertiary/aromatic N) is 6. The number of hydrogen-bond acceptors (Lipinski definition) is 4. The fourth-order valence-corrected chi connectivity index (χ4v) is 2.22. The Labute approximate surface area is 122 Å². The van der Waals surface area contributed by atoms with Crippen LogP contribution < -0.4 is 0 Å². The molecule has 0 spiro atoms. The first kappa shape index (κ1) is 13.1. The van der Waals surface area contributed by atoms with Gasteiger partial charge in [0.05, 0.1) is 11.3 Å². The van der Waals surface area contributed by atoms with E-state index >= 15 is 0 Å². The van der Waals surface area contributed by atoms with Gasteiger partial charge in [0.15, 0.2) is 11.6 Å². The molecule has 0 saturated heterocycles. The van der Waals surface area contributed by atoms with Crippen LogP contribution in [0.5, 0.6) is 0 Å². The summed E-state index contributed by atoms with van der Waals surface area (Å²) in [6.07, 6.45) is 5.23. The molecule has 0 amide bonds. The molecule has 0 saturated carbocycles. The lowest BCUT2D eigenvalue weighted by molar-refractivity contribution is 0.663. The third kappa shape index (κ3) is 2.30. The fraction of sp³-hybridized carbons (Fsp3) is 0.200. The third-order valence-electron chi connectivity index (χ3n) is 3.27. The Morgan fingerprint density at radius 1 is 1.29 bits per heavy atom. The maximum atomic E-state index is 9.02.